The molecule has 0 atom stereocenters. The molecule has 0 radical (unpaired) electrons. The number of aromatic nitrogens is 4. The van der Waals surface area contributed by atoms with Gasteiger partial charge in [0.15, 0.2) is 17.5 Å². The number of pyridine rings is 1. The minimum Gasteiger partial charge on any atom is -0.244 e. The van der Waals surface area contributed by atoms with Crippen LogP contribution in [0.2, 0.25) is 0 Å². The molecule has 4 heteroatoms. The largest absolute Gasteiger partial charge is 0.244 e. The SMILES string of the molecule is c1ccc(-c2cc(-c3ccccc3)cc(-c3nc(-c4ccccc4)nc(-c4ccc5ccccc5n4)n3)c2)cc1. The standard InChI is InChI=1S/C36H24N4/c1-4-12-25(13-5-1)29-22-30(26-14-6-2-7-15-26)24-31(23-29)35-38-34(28-17-8-3-9-18-28)39-36(40-35)33-21-20-27-16-10-11-19-32(27)37-33/h1-24H. The molecule has 0 fully saturated rings. The molecule has 188 valence electrons. The van der Waals surface area contributed by atoms with E-state index in [1.807, 2.05) is 66.7 Å². The van der Waals surface area contributed by atoms with Crippen LogP contribution >= 0.6 is 0 Å². The quantitative estimate of drug-likeness (QED) is 0.231. The molecule has 7 rings (SSSR count). The first-order chi connectivity index (χ1) is 19.8. The third-order valence-electron chi connectivity index (χ3n) is 6.90. The van der Waals surface area contributed by atoms with Gasteiger partial charge in [-0.25, -0.2) is 19.9 Å². The molecule has 0 spiro atoms. The average molecular weight is 513 g/mol. The van der Waals surface area contributed by atoms with Gasteiger partial charge in [-0.15, -0.1) is 0 Å². The Bertz CT molecular complexity index is 1880. The number of hydrogen-bond acceptors (Lipinski definition) is 4. The van der Waals surface area contributed by atoms with Crippen molar-refractivity contribution in [1.29, 1.82) is 0 Å². The second-order valence-electron chi connectivity index (χ2n) is 9.59. The van der Waals surface area contributed by atoms with E-state index in [-0.39, 0.29) is 0 Å². The lowest BCUT2D eigenvalue weighted by molar-refractivity contribution is 1.06. The van der Waals surface area contributed by atoms with Crippen molar-refractivity contribution in [3.8, 4) is 56.5 Å². The number of nitrogens with zero attached hydrogens (tertiary/aromatic N) is 4. The summed E-state index contributed by atoms with van der Waals surface area (Å²) in [7, 11) is 0. The van der Waals surface area contributed by atoms with Crippen molar-refractivity contribution in [2.45, 2.75) is 0 Å². The molecule has 5 aromatic carbocycles. The Balaban J connectivity index is 1.45. The highest BCUT2D eigenvalue weighted by atomic mass is 15.0. The first-order valence-corrected chi connectivity index (χ1v) is 13.2. The van der Waals surface area contributed by atoms with Gasteiger partial charge in [-0.2, -0.15) is 0 Å². The van der Waals surface area contributed by atoms with Gasteiger partial charge in [0, 0.05) is 16.5 Å². The highest BCUT2D eigenvalue weighted by Gasteiger charge is 2.15. The van der Waals surface area contributed by atoms with E-state index in [0.717, 1.165) is 44.3 Å². The van der Waals surface area contributed by atoms with Crippen LogP contribution in [-0.2, 0) is 0 Å². The fraction of sp³-hybridized carbons (Fsp3) is 0. The van der Waals surface area contributed by atoms with Gasteiger partial charge in [0.1, 0.15) is 5.69 Å². The third-order valence-corrected chi connectivity index (χ3v) is 6.90. The van der Waals surface area contributed by atoms with E-state index in [1.54, 1.807) is 0 Å². The summed E-state index contributed by atoms with van der Waals surface area (Å²) in [6.45, 7) is 0. The van der Waals surface area contributed by atoms with Crippen molar-refractivity contribution in [3.63, 3.8) is 0 Å². The number of para-hydroxylation sites is 1. The van der Waals surface area contributed by atoms with Crippen LogP contribution in [0, 0.1) is 0 Å². The molecule has 0 bridgehead atoms. The molecule has 4 nitrogen and oxygen atoms in total. The third kappa shape index (κ3) is 4.74. The van der Waals surface area contributed by atoms with E-state index in [9.17, 15) is 0 Å². The molecule has 0 unspecified atom stereocenters. The topological polar surface area (TPSA) is 51.6 Å². The Labute approximate surface area is 232 Å². The lowest BCUT2D eigenvalue weighted by atomic mass is 9.96. The van der Waals surface area contributed by atoms with Crippen molar-refractivity contribution < 1.29 is 0 Å². The second kappa shape index (κ2) is 10.4. The van der Waals surface area contributed by atoms with Gasteiger partial charge in [-0.05, 0) is 52.6 Å². The summed E-state index contributed by atoms with van der Waals surface area (Å²) in [5.41, 5.74) is 7.93. The maximum atomic E-state index is 4.99. The fourth-order valence-corrected chi connectivity index (χ4v) is 4.88. The smallest absolute Gasteiger partial charge is 0.182 e. The number of fused-ring (bicyclic) bond motifs is 1. The maximum Gasteiger partial charge on any atom is 0.182 e. The molecule has 0 amide bonds. The molecular formula is C36H24N4. The van der Waals surface area contributed by atoms with Crippen molar-refractivity contribution in [2.75, 3.05) is 0 Å². The Hall–Kier alpha value is -5.48. The summed E-state index contributed by atoms with van der Waals surface area (Å²) >= 11 is 0. The first kappa shape index (κ1) is 23.6. The summed E-state index contributed by atoms with van der Waals surface area (Å²) in [4.78, 5) is 19.7. The molecular weight excluding hydrogens is 488 g/mol. The van der Waals surface area contributed by atoms with Crippen LogP contribution in [-0.4, -0.2) is 19.9 Å². The van der Waals surface area contributed by atoms with Gasteiger partial charge in [0.25, 0.3) is 0 Å². The van der Waals surface area contributed by atoms with Crippen LogP contribution in [0.15, 0.2) is 146 Å². The van der Waals surface area contributed by atoms with Crippen molar-refractivity contribution in [3.05, 3.63) is 146 Å². The fourth-order valence-electron chi connectivity index (χ4n) is 4.88. The number of benzene rings is 5. The summed E-state index contributed by atoms with van der Waals surface area (Å²) in [5.74, 6) is 1.76. The van der Waals surface area contributed by atoms with Gasteiger partial charge in [-0.3, -0.25) is 0 Å². The van der Waals surface area contributed by atoms with Crippen LogP contribution in [0.4, 0.5) is 0 Å². The van der Waals surface area contributed by atoms with Crippen LogP contribution in [0.5, 0.6) is 0 Å². The second-order valence-corrected chi connectivity index (χ2v) is 9.59. The first-order valence-electron chi connectivity index (χ1n) is 13.2. The molecule has 0 N–H and O–H groups in total. The molecule has 7 aromatic rings. The predicted octanol–water partition coefficient (Wildman–Crippen LogP) is 8.75. The zero-order valence-corrected chi connectivity index (χ0v) is 21.6. The molecule has 2 heterocycles. The minimum absolute atomic E-state index is 0.543. The highest BCUT2D eigenvalue weighted by Crippen LogP contribution is 2.33. The van der Waals surface area contributed by atoms with Crippen LogP contribution < -0.4 is 0 Å². The van der Waals surface area contributed by atoms with E-state index in [4.69, 9.17) is 19.9 Å². The minimum atomic E-state index is 0.543. The van der Waals surface area contributed by atoms with E-state index in [2.05, 4.69) is 78.9 Å². The Morgan fingerprint density at radius 3 is 1.40 bits per heavy atom. The normalized spacial score (nSPS) is 11.0. The highest BCUT2D eigenvalue weighted by molar-refractivity contribution is 5.82. The van der Waals surface area contributed by atoms with Crippen LogP contribution in [0.25, 0.3) is 67.5 Å². The van der Waals surface area contributed by atoms with Gasteiger partial charge < -0.3 is 0 Å². The number of rotatable bonds is 5. The van der Waals surface area contributed by atoms with E-state index >= 15 is 0 Å². The molecule has 0 aliphatic heterocycles. The number of hydrogen-bond donors (Lipinski definition) is 0. The summed E-state index contributed by atoms with van der Waals surface area (Å²) in [6.07, 6.45) is 0. The Morgan fingerprint density at radius 2 is 0.775 bits per heavy atom. The lowest BCUT2D eigenvalue weighted by Gasteiger charge is -2.12. The zero-order chi connectivity index (χ0) is 26.7. The van der Waals surface area contributed by atoms with E-state index in [1.165, 1.54) is 0 Å². The molecule has 0 saturated carbocycles. The molecule has 0 saturated heterocycles. The lowest BCUT2D eigenvalue weighted by Crippen LogP contribution is -2.01. The van der Waals surface area contributed by atoms with Crippen molar-refractivity contribution in [1.82, 2.24) is 19.9 Å². The summed E-state index contributed by atoms with van der Waals surface area (Å²) < 4.78 is 0. The Kier molecular flexibility index (Phi) is 6.11. The van der Waals surface area contributed by atoms with Gasteiger partial charge >= 0.3 is 0 Å². The molecule has 40 heavy (non-hydrogen) atoms. The van der Waals surface area contributed by atoms with Crippen molar-refractivity contribution >= 4 is 10.9 Å². The van der Waals surface area contributed by atoms with Crippen LogP contribution in [0.3, 0.4) is 0 Å². The van der Waals surface area contributed by atoms with Gasteiger partial charge in [0.05, 0.1) is 5.52 Å². The van der Waals surface area contributed by atoms with E-state index in [0.29, 0.717) is 23.2 Å². The Morgan fingerprint density at radius 1 is 0.300 bits per heavy atom. The van der Waals surface area contributed by atoms with Crippen molar-refractivity contribution in [2.24, 2.45) is 0 Å². The van der Waals surface area contributed by atoms with Crippen LogP contribution in [0.1, 0.15) is 0 Å². The average Bonchev–Trinajstić information content (AvgIpc) is 3.05. The predicted molar refractivity (Wildman–Crippen MR) is 162 cm³/mol. The molecule has 0 aliphatic carbocycles. The monoisotopic (exact) mass is 512 g/mol. The van der Waals surface area contributed by atoms with Gasteiger partial charge in [0.2, 0.25) is 0 Å². The zero-order valence-electron chi connectivity index (χ0n) is 21.6. The molecule has 0 aliphatic rings. The summed E-state index contributed by atoms with van der Waals surface area (Å²) in [5, 5.41) is 1.08. The maximum absolute atomic E-state index is 4.99. The summed E-state index contributed by atoms with van der Waals surface area (Å²) in [6, 6.07) is 49.5. The van der Waals surface area contributed by atoms with E-state index < -0.39 is 0 Å². The van der Waals surface area contributed by atoms with Gasteiger partial charge in [-0.1, -0.05) is 115 Å². The molecule has 2 aromatic heterocycles.